The zero-order chi connectivity index (χ0) is 13.3. The summed E-state index contributed by atoms with van der Waals surface area (Å²) in [6.07, 6.45) is 3.62. The van der Waals surface area contributed by atoms with E-state index in [1.165, 1.54) is 0 Å². The summed E-state index contributed by atoms with van der Waals surface area (Å²) in [5.74, 6) is 0. The number of aromatic nitrogens is 2. The zero-order valence-corrected chi connectivity index (χ0v) is 12.1. The molecule has 18 heavy (non-hydrogen) atoms. The van der Waals surface area contributed by atoms with E-state index in [2.05, 4.69) is 43.0 Å². The highest BCUT2D eigenvalue weighted by Gasteiger charge is 2.21. The van der Waals surface area contributed by atoms with Crippen LogP contribution in [-0.4, -0.2) is 9.97 Å². The van der Waals surface area contributed by atoms with Crippen molar-refractivity contribution in [1.82, 2.24) is 9.97 Å². The van der Waals surface area contributed by atoms with Crippen molar-refractivity contribution in [2.24, 2.45) is 5.73 Å². The van der Waals surface area contributed by atoms with Gasteiger partial charge in [0, 0.05) is 23.2 Å². The second kappa shape index (κ2) is 4.78. The van der Waals surface area contributed by atoms with Gasteiger partial charge in [0.25, 0.3) is 0 Å². The van der Waals surface area contributed by atoms with Crippen LogP contribution in [0.2, 0.25) is 0 Å². The highest BCUT2D eigenvalue weighted by atomic mass is 32.1. The molecule has 0 aliphatic heterocycles. The number of thiazole rings is 1. The molecule has 96 valence electrons. The first kappa shape index (κ1) is 13.2. The largest absolute Gasteiger partial charge is 0.318 e. The molecule has 2 aromatic heterocycles. The minimum absolute atomic E-state index is 0.0679. The fourth-order valence-corrected chi connectivity index (χ4v) is 2.77. The average molecular weight is 261 g/mol. The molecule has 0 fully saturated rings. The summed E-state index contributed by atoms with van der Waals surface area (Å²) in [6, 6.07) is 1.80. The van der Waals surface area contributed by atoms with Crippen molar-refractivity contribution < 1.29 is 0 Å². The van der Waals surface area contributed by atoms with Crippen LogP contribution < -0.4 is 5.73 Å². The third-order valence-corrected chi connectivity index (χ3v) is 3.90. The number of hydrogen-bond donors (Lipinski definition) is 1. The van der Waals surface area contributed by atoms with Gasteiger partial charge in [-0.25, -0.2) is 4.98 Å². The van der Waals surface area contributed by atoms with Crippen molar-refractivity contribution in [2.75, 3.05) is 0 Å². The molecule has 0 aliphatic carbocycles. The minimum Gasteiger partial charge on any atom is -0.318 e. The van der Waals surface area contributed by atoms with Gasteiger partial charge in [0.15, 0.2) is 0 Å². The highest BCUT2D eigenvalue weighted by molar-refractivity contribution is 7.09. The summed E-state index contributed by atoms with van der Waals surface area (Å²) in [5.41, 5.74) is 9.65. The molecular weight excluding hydrogens is 242 g/mol. The Balaban J connectivity index is 2.33. The molecule has 4 heteroatoms. The van der Waals surface area contributed by atoms with Crippen LogP contribution in [0.3, 0.4) is 0 Å². The molecule has 2 aromatic rings. The summed E-state index contributed by atoms with van der Waals surface area (Å²) in [7, 11) is 0. The van der Waals surface area contributed by atoms with Gasteiger partial charge in [0.1, 0.15) is 5.01 Å². The smallest absolute Gasteiger partial charge is 0.114 e. The van der Waals surface area contributed by atoms with Crippen LogP contribution in [0.25, 0.3) is 0 Å². The van der Waals surface area contributed by atoms with Crippen molar-refractivity contribution in [2.45, 2.75) is 39.2 Å². The fraction of sp³-hybridized carbons (Fsp3) is 0.429. The number of aryl methyl sites for hydroxylation is 1. The maximum atomic E-state index is 6.28. The Hall–Kier alpha value is -1.26. The number of hydrogen-bond acceptors (Lipinski definition) is 4. The van der Waals surface area contributed by atoms with Crippen LogP contribution >= 0.6 is 11.3 Å². The summed E-state index contributed by atoms with van der Waals surface area (Å²) in [5, 5.41) is 3.05. The van der Waals surface area contributed by atoms with Gasteiger partial charge in [0.05, 0.1) is 11.7 Å². The first-order valence-corrected chi connectivity index (χ1v) is 6.89. The van der Waals surface area contributed by atoms with Crippen LogP contribution in [0.4, 0.5) is 0 Å². The molecule has 0 bridgehead atoms. The lowest BCUT2D eigenvalue weighted by Crippen LogP contribution is -2.15. The summed E-state index contributed by atoms with van der Waals surface area (Å²) < 4.78 is 0. The third kappa shape index (κ3) is 2.60. The maximum absolute atomic E-state index is 6.28. The van der Waals surface area contributed by atoms with Crippen LogP contribution in [0.15, 0.2) is 23.8 Å². The Labute approximate surface area is 112 Å². The van der Waals surface area contributed by atoms with Crippen LogP contribution in [-0.2, 0) is 5.41 Å². The Morgan fingerprint density at radius 1 is 1.33 bits per heavy atom. The topological polar surface area (TPSA) is 51.8 Å². The first-order valence-electron chi connectivity index (χ1n) is 6.01. The lowest BCUT2D eigenvalue weighted by Gasteiger charge is -2.15. The first-order chi connectivity index (χ1) is 8.39. The van der Waals surface area contributed by atoms with Gasteiger partial charge in [-0.3, -0.25) is 4.98 Å². The molecule has 0 radical (unpaired) electrons. The van der Waals surface area contributed by atoms with Crippen molar-refractivity contribution in [3.63, 3.8) is 0 Å². The molecule has 0 saturated heterocycles. The van der Waals surface area contributed by atoms with Gasteiger partial charge in [-0.05, 0) is 24.1 Å². The van der Waals surface area contributed by atoms with E-state index in [1.807, 2.05) is 12.3 Å². The Bertz CT molecular complexity index is 540. The molecule has 0 saturated carbocycles. The van der Waals surface area contributed by atoms with Gasteiger partial charge in [0.2, 0.25) is 0 Å². The highest BCUT2D eigenvalue weighted by Crippen LogP contribution is 2.29. The lowest BCUT2D eigenvalue weighted by molar-refractivity contribution is 0.569. The number of rotatable bonds is 2. The van der Waals surface area contributed by atoms with E-state index >= 15 is 0 Å². The maximum Gasteiger partial charge on any atom is 0.114 e. The van der Waals surface area contributed by atoms with Crippen molar-refractivity contribution in [3.8, 4) is 0 Å². The fourth-order valence-electron chi connectivity index (χ4n) is 1.71. The van der Waals surface area contributed by atoms with Gasteiger partial charge in [-0.2, -0.15) is 0 Å². The zero-order valence-electron chi connectivity index (χ0n) is 11.3. The molecule has 0 aliphatic rings. The quantitative estimate of drug-likeness (QED) is 0.903. The van der Waals surface area contributed by atoms with Crippen LogP contribution in [0, 0.1) is 6.92 Å². The van der Waals surface area contributed by atoms with Gasteiger partial charge in [-0.15, -0.1) is 11.3 Å². The second-order valence-corrected chi connectivity index (χ2v) is 6.42. The predicted octanol–water partition coefficient (Wildman–Crippen LogP) is 3.19. The molecule has 2 heterocycles. The van der Waals surface area contributed by atoms with Gasteiger partial charge in [-0.1, -0.05) is 20.8 Å². The molecular formula is C14H19N3S. The molecule has 2 rings (SSSR count). The van der Waals surface area contributed by atoms with E-state index in [-0.39, 0.29) is 11.5 Å². The Morgan fingerprint density at radius 2 is 2.06 bits per heavy atom. The third-order valence-electron chi connectivity index (χ3n) is 2.97. The van der Waals surface area contributed by atoms with E-state index in [1.54, 1.807) is 17.5 Å². The monoisotopic (exact) mass is 261 g/mol. The van der Waals surface area contributed by atoms with E-state index < -0.39 is 0 Å². The SMILES string of the molecule is Cc1ccncc1C(N)c1nc(C(C)(C)C)cs1. The molecule has 0 spiro atoms. The van der Waals surface area contributed by atoms with Crippen LogP contribution in [0.1, 0.15) is 48.6 Å². The summed E-state index contributed by atoms with van der Waals surface area (Å²) in [4.78, 5) is 8.81. The number of nitrogens with zero attached hydrogens (tertiary/aromatic N) is 2. The molecule has 1 atom stereocenters. The summed E-state index contributed by atoms with van der Waals surface area (Å²) >= 11 is 1.62. The van der Waals surface area contributed by atoms with Crippen molar-refractivity contribution in [3.05, 3.63) is 45.7 Å². The Morgan fingerprint density at radius 3 is 2.61 bits per heavy atom. The normalized spacial score (nSPS) is 13.6. The lowest BCUT2D eigenvalue weighted by atomic mass is 9.93. The van der Waals surface area contributed by atoms with Crippen molar-refractivity contribution >= 4 is 11.3 Å². The van der Waals surface area contributed by atoms with E-state index in [0.29, 0.717) is 0 Å². The van der Waals surface area contributed by atoms with Crippen LogP contribution in [0.5, 0.6) is 0 Å². The number of pyridine rings is 1. The molecule has 2 N–H and O–H groups in total. The molecule has 0 amide bonds. The summed E-state index contributed by atoms with van der Waals surface area (Å²) in [6.45, 7) is 8.53. The Kier molecular flexibility index (Phi) is 3.50. The van der Waals surface area contributed by atoms with Gasteiger partial charge >= 0.3 is 0 Å². The predicted molar refractivity (Wildman–Crippen MR) is 75.8 cm³/mol. The molecule has 1 unspecified atom stereocenters. The van der Waals surface area contributed by atoms with Crippen molar-refractivity contribution in [1.29, 1.82) is 0 Å². The average Bonchev–Trinajstić information content (AvgIpc) is 2.77. The van der Waals surface area contributed by atoms with Gasteiger partial charge < -0.3 is 5.73 Å². The second-order valence-electron chi connectivity index (χ2n) is 5.53. The number of nitrogens with two attached hydrogens (primary N) is 1. The molecule has 0 aromatic carbocycles. The standard InChI is InChI=1S/C14H19N3S/c1-9-5-6-16-7-10(9)12(15)13-17-11(8-18-13)14(2,3)4/h5-8,12H,15H2,1-4H3. The van der Waals surface area contributed by atoms with E-state index in [9.17, 15) is 0 Å². The molecule has 3 nitrogen and oxygen atoms in total. The minimum atomic E-state index is -0.181. The van der Waals surface area contributed by atoms with E-state index in [0.717, 1.165) is 21.8 Å². The van der Waals surface area contributed by atoms with E-state index in [4.69, 9.17) is 5.73 Å².